The lowest BCUT2D eigenvalue weighted by Gasteiger charge is -2.28. The molecule has 0 aromatic heterocycles. The average Bonchev–Trinajstić information content (AvgIpc) is 2.38. The van der Waals surface area contributed by atoms with Crippen molar-refractivity contribution in [2.24, 2.45) is 0 Å². The summed E-state index contributed by atoms with van der Waals surface area (Å²) in [6, 6.07) is 7.03. The Balaban J connectivity index is 1.93. The highest BCUT2D eigenvalue weighted by atomic mass is 16.4. The maximum Gasteiger partial charge on any atom is 0.335 e. The minimum Gasteiger partial charge on any atom is -0.478 e. The molecule has 4 heteroatoms. The van der Waals surface area contributed by atoms with Crippen molar-refractivity contribution in [1.82, 2.24) is 5.32 Å². The normalized spacial score (nSPS) is 23.8. The van der Waals surface area contributed by atoms with Gasteiger partial charge in [-0.25, -0.2) is 4.79 Å². The van der Waals surface area contributed by atoms with Crippen molar-refractivity contribution in [1.29, 1.82) is 0 Å². The second-order valence-corrected chi connectivity index (χ2v) is 4.84. The van der Waals surface area contributed by atoms with Crippen molar-refractivity contribution >= 4 is 5.97 Å². The van der Waals surface area contributed by atoms with E-state index in [1.807, 2.05) is 6.07 Å². The topological polar surface area (TPSA) is 69.6 Å². The van der Waals surface area contributed by atoms with Crippen molar-refractivity contribution in [2.75, 3.05) is 0 Å². The Labute approximate surface area is 107 Å². The van der Waals surface area contributed by atoms with Crippen LogP contribution in [0.2, 0.25) is 0 Å². The molecule has 4 nitrogen and oxygen atoms in total. The van der Waals surface area contributed by atoms with Crippen molar-refractivity contribution in [3.05, 3.63) is 35.4 Å². The second-order valence-electron chi connectivity index (χ2n) is 4.84. The first-order valence-corrected chi connectivity index (χ1v) is 6.40. The fraction of sp³-hybridized carbons (Fsp3) is 0.500. The van der Waals surface area contributed by atoms with Crippen LogP contribution >= 0.6 is 0 Å². The zero-order valence-electron chi connectivity index (χ0n) is 10.3. The van der Waals surface area contributed by atoms with E-state index in [2.05, 4.69) is 5.32 Å². The summed E-state index contributed by atoms with van der Waals surface area (Å²) in [6.07, 6.45) is 3.80. The molecule has 1 aromatic rings. The first-order valence-electron chi connectivity index (χ1n) is 6.40. The van der Waals surface area contributed by atoms with Gasteiger partial charge in [-0.05, 0) is 30.5 Å². The van der Waals surface area contributed by atoms with E-state index < -0.39 is 5.97 Å². The van der Waals surface area contributed by atoms with E-state index in [-0.39, 0.29) is 12.1 Å². The minimum absolute atomic E-state index is 0.132. The zero-order valence-corrected chi connectivity index (χ0v) is 10.3. The Morgan fingerprint density at radius 3 is 2.83 bits per heavy atom. The standard InChI is InChI=1S/C14H19NO3/c16-13-7-2-1-6-12(13)15-9-10-4-3-5-11(8-10)14(17)18/h3-5,8,12-13,15-16H,1-2,6-7,9H2,(H,17,18). The van der Waals surface area contributed by atoms with Gasteiger partial charge in [0, 0.05) is 12.6 Å². The molecular weight excluding hydrogens is 230 g/mol. The number of aliphatic hydroxyl groups is 1. The fourth-order valence-electron chi connectivity index (χ4n) is 2.41. The predicted octanol–water partition coefficient (Wildman–Crippen LogP) is 1.78. The van der Waals surface area contributed by atoms with Gasteiger partial charge in [0.25, 0.3) is 0 Å². The number of rotatable bonds is 4. The second kappa shape index (κ2) is 5.98. The molecule has 1 aliphatic carbocycles. The van der Waals surface area contributed by atoms with E-state index in [1.165, 1.54) is 0 Å². The summed E-state index contributed by atoms with van der Waals surface area (Å²) in [5, 5.41) is 22.1. The molecule has 1 fully saturated rings. The van der Waals surface area contributed by atoms with Crippen LogP contribution in [0.3, 0.4) is 0 Å². The molecule has 0 heterocycles. The maximum atomic E-state index is 10.9. The maximum absolute atomic E-state index is 10.9. The first-order chi connectivity index (χ1) is 8.66. The Morgan fingerprint density at radius 2 is 2.11 bits per heavy atom. The molecule has 1 saturated carbocycles. The summed E-state index contributed by atoms with van der Waals surface area (Å²) >= 11 is 0. The SMILES string of the molecule is O=C(O)c1cccc(CNC2CCCCC2O)c1. The quantitative estimate of drug-likeness (QED) is 0.760. The molecule has 3 N–H and O–H groups in total. The first kappa shape index (κ1) is 13.1. The highest BCUT2D eigenvalue weighted by Crippen LogP contribution is 2.18. The molecule has 2 rings (SSSR count). The van der Waals surface area contributed by atoms with Crippen LogP contribution in [0.1, 0.15) is 41.6 Å². The Kier molecular flexibility index (Phi) is 4.33. The van der Waals surface area contributed by atoms with Crippen molar-refractivity contribution in [2.45, 2.75) is 44.4 Å². The number of carboxylic acid groups (broad SMARTS) is 1. The number of hydrogen-bond donors (Lipinski definition) is 3. The van der Waals surface area contributed by atoms with Gasteiger partial charge in [0.15, 0.2) is 0 Å². The van der Waals surface area contributed by atoms with Crippen LogP contribution in [0, 0.1) is 0 Å². The Bertz CT molecular complexity index is 419. The average molecular weight is 249 g/mol. The summed E-state index contributed by atoms with van der Waals surface area (Å²) in [5.74, 6) is -0.908. The van der Waals surface area contributed by atoms with Crippen LogP contribution in [-0.4, -0.2) is 28.3 Å². The number of aromatic carboxylic acids is 1. The van der Waals surface area contributed by atoms with Crippen molar-refractivity contribution in [3.63, 3.8) is 0 Å². The minimum atomic E-state index is -0.908. The van der Waals surface area contributed by atoms with E-state index in [4.69, 9.17) is 5.11 Å². The van der Waals surface area contributed by atoms with Gasteiger partial charge in [0.1, 0.15) is 0 Å². The molecular formula is C14H19NO3. The number of carboxylic acids is 1. The summed E-state index contributed by atoms with van der Waals surface area (Å²) in [5.41, 5.74) is 1.24. The summed E-state index contributed by atoms with van der Waals surface area (Å²) in [7, 11) is 0. The molecule has 0 bridgehead atoms. The number of hydrogen-bond acceptors (Lipinski definition) is 3. The van der Waals surface area contributed by atoms with Gasteiger partial charge < -0.3 is 15.5 Å². The molecule has 0 saturated heterocycles. The van der Waals surface area contributed by atoms with Crippen LogP contribution in [-0.2, 0) is 6.54 Å². The lowest BCUT2D eigenvalue weighted by molar-refractivity contribution is 0.0696. The third kappa shape index (κ3) is 3.31. The van der Waals surface area contributed by atoms with E-state index in [0.717, 1.165) is 31.2 Å². The van der Waals surface area contributed by atoms with Gasteiger partial charge in [-0.15, -0.1) is 0 Å². The van der Waals surface area contributed by atoms with Gasteiger partial charge in [-0.3, -0.25) is 0 Å². The third-order valence-electron chi connectivity index (χ3n) is 3.47. The van der Waals surface area contributed by atoms with E-state index in [0.29, 0.717) is 12.1 Å². The van der Waals surface area contributed by atoms with Gasteiger partial charge in [0.2, 0.25) is 0 Å². The molecule has 0 aliphatic heterocycles. The summed E-state index contributed by atoms with van der Waals surface area (Å²) < 4.78 is 0. The van der Waals surface area contributed by atoms with Crippen molar-refractivity contribution < 1.29 is 15.0 Å². The van der Waals surface area contributed by atoms with E-state index in [1.54, 1.807) is 18.2 Å². The van der Waals surface area contributed by atoms with Gasteiger partial charge in [-0.1, -0.05) is 25.0 Å². The molecule has 1 aromatic carbocycles. The number of aliphatic hydroxyl groups excluding tert-OH is 1. The third-order valence-corrected chi connectivity index (χ3v) is 3.47. The lowest BCUT2D eigenvalue weighted by atomic mass is 9.92. The Hall–Kier alpha value is -1.39. The predicted molar refractivity (Wildman–Crippen MR) is 68.5 cm³/mol. The monoisotopic (exact) mass is 249 g/mol. The van der Waals surface area contributed by atoms with Gasteiger partial charge >= 0.3 is 5.97 Å². The molecule has 0 amide bonds. The number of carbonyl (C=O) groups is 1. The van der Waals surface area contributed by atoms with E-state index >= 15 is 0 Å². The van der Waals surface area contributed by atoms with Gasteiger partial charge in [0.05, 0.1) is 11.7 Å². The molecule has 1 aliphatic rings. The molecule has 0 radical (unpaired) electrons. The molecule has 0 spiro atoms. The Morgan fingerprint density at radius 1 is 1.33 bits per heavy atom. The van der Waals surface area contributed by atoms with Crippen LogP contribution in [0.5, 0.6) is 0 Å². The lowest BCUT2D eigenvalue weighted by Crippen LogP contribution is -2.41. The van der Waals surface area contributed by atoms with Crippen LogP contribution in [0.4, 0.5) is 0 Å². The molecule has 2 unspecified atom stereocenters. The van der Waals surface area contributed by atoms with E-state index in [9.17, 15) is 9.90 Å². The molecule has 98 valence electrons. The highest BCUT2D eigenvalue weighted by molar-refractivity contribution is 5.87. The van der Waals surface area contributed by atoms with Crippen molar-refractivity contribution in [3.8, 4) is 0 Å². The smallest absolute Gasteiger partial charge is 0.335 e. The largest absolute Gasteiger partial charge is 0.478 e. The van der Waals surface area contributed by atoms with Crippen LogP contribution in [0.15, 0.2) is 24.3 Å². The number of benzene rings is 1. The van der Waals surface area contributed by atoms with Gasteiger partial charge in [-0.2, -0.15) is 0 Å². The fourth-order valence-corrected chi connectivity index (χ4v) is 2.41. The zero-order chi connectivity index (χ0) is 13.0. The summed E-state index contributed by atoms with van der Waals surface area (Å²) in [4.78, 5) is 10.9. The van der Waals surface area contributed by atoms with Crippen LogP contribution < -0.4 is 5.32 Å². The molecule has 2 atom stereocenters. The van der Waals surface area contributed by atoms with Crippen LogP contribution in [0.25, 0.3) is 0 Å². The summed E-state index contributed by atoms with van der Waals surface area (Å²) in [6.45, 7) is 0.600. The highest BCUT2D eigenvalue weighted by Gasteiger charge is 2.22. The number of nitrogens with one attached hydrogen (secondary N) is 1. The molecule has 18 heavy (non-hydrogen) atoms.